The smallest absolute Gasteiger partial charge is 0.335 e. The monoisotopic (exact) mass is 399 g/mol. The molecule has 100 valence electrons. The molecule has 20 heavy (non-hydrogen) atoms. The van der Waals surface area contributed by atoms with Gasteiger partial charge in [0, 0.05) is 6.07 Å². The van der Waals surface area contributed by atoms with Crippen LogP contribution in [0.25, 0.3) is 0 Å². The summed E-state index contributed by atoms with van der Waals surface area (Å²) < 4.78 is 6.39. The summed E-state index contributed by atoms with van der Waals surface area (Å²) in [5.41, 5.74) is 0.494. The molecule has 2 aromatic rings. The van der Waals surface area contributed by atoms with Crippen LogP contribution in [0.2, 0.25) is 5.02 Å². The van der Waals surface area contributed by atoms with E-state index < -0.39 is 5.97 Å². The summed E-state index contributed by atoms with van der Waals surface area (Å²) in [6.45, 7) is 0. The minimum absolute atomic E-state index is 0.139. The van der Waals surface area contributed by atoms with Crippen molar-refractivity contribution in [3.05, 3.63) is 56.1 Å². The molecular weight excluding hydrogens is 393 g/mol. The fraction of sp³-hybridized carbons (Fsp3) is 0. The molecule has 0 unspecified atom stereocenters. The van der Waals surface area contributed by atoms with Crippen LogP contribution in [-0.4, -0.2) is 11.1 Å². The highest BCUT2D eigenvalue weighted by molar-refractivity contribution is 14.1. The summed E-state index contributed by atoms with van der Waals surface area (Å²) in [6.07, 6.45) is 0. The average Bonchev–Trinajstić information content (AvgIpc) is 2.41. The van der Waals surface area contributed by atoms with E-state index >= 15 is 0 Å². The SMILES string of the molecule is N#Cc1ccc(Oc2cc(C(=O)O)ccc2I)cc1Cl. The van der Waals surface area contributed by atoms with E-state index in [1.807, 2.05) is 28.7 Å². The number of carboxylic acid groups (broad SMARTS) is 1. The van der Waals surface area contributed by atoms with Gasteiger partial charge in [-0.2, -0.15) is 5.26 Å². The van der Waals surface area contributed by atoms with E-state index in [2.05, 4.69) is 0 Å². The van der Waals surface area contributed by atoms with Gasteiger partial charge in [0.05, 0.1) is 19.7 Å². The molecule has 0 saturated carbocycles. The summed E-state index contributed by atoms with van der Waals surface area (Å²) >= 11 is 7.97. The molecule has 4 nitrogen and oxygen atoms in total. The van der Waals surface area contributed by atoms with Crippen LogP contribution in [-0.2, 0) is 0 Å². The highest BCUT2D eigenvalue weighted by Crippen LogP contribution is 2.30. The summed E-state index contributed by atoms with van der Waals surface area (Å²) in [7, 11) is 0. The predicted octanol–water partition coefficient (Wildman–Crippen LogP) is 4.31. The maximum atomic E-state index is 10.9. The normalized spacial score (nSPS) is 9.85. The van der Waals surface area contributed by atoms with Gasteiger partial charge >= 0.3 is 5.97 Å². The molecule has 2 rings (SSSR count). The summed E-state index contributed by atoms with van der Waals surface area (Å²) in [6, 6.07) is 11.2. The van der Waals surface area contributed by atoms with E-state index in [4.69, 9.17) is 26.7 Å². The summed E-state index contributed by atoms with van der Waals surface area (Å²) in [5.74, 6) is -0.162. The lowest BCUT2D eigenvalue weighted by Crippen LogP contribution is -1.97. The Morgan fingerprint density at radius 1 is 1.30 bits per heavy atom. The van der Waals surface area contributed by atoms with Crippen molar-refractivity contribution in [1.82, 2.24) is 0 Å². The molecule has 0 aromatic heterocycles. The van der Waals surface area contributed by atoms with Crippen molar-refractivity contribution in [2.45, 2.75) is 0 Å². The van der Waals surface area contributed by atoms with Gasteiger partial charge < -0.3 is 9.84 Å². The van der Waals surface area contributed by atoms with E-state index in [-0.39, 0.29) is 10.6 Å². The van der Waals surface area contributed by atoms with Gasteiger partial charge in [-0.25, -0.2) is 4.79 Å². The van der Waals surface area contributed by atoms with E-state index in [1.54, 1.807) is 18.2 Å². The van der Waals surface area contributed by atoms with Gasteiger partial charge in [0.25, 0.3) is 0 Å². The number of aromatic carboxylic acids is 1. The first-order valence-electron chi connectivity index (χ1n) is 5.41. The molecule has 0 amide bonds. The molecule has 0 aliphatic heterocycles. The van der Waals surface area contributed by atoms with Crippen LogP contribution in [0.4, 0.5) is 0 Å². The Hall–Kier alpha value is -1.78. The van der Waals surface area contributed by atoms with Gasteiger partial charge in [-0.3, -0.25) is 0 Å². The number of rotatable bonds is 3. The van der Waals surface area contributed by atoms with E-state index in [0.29, 0.717) is 17.1 Å². The predicted molar refractivity (Wildman–Crippen MR) is 82.4 cm³/mol. The van der Waals surface area contributed by atoms with Crippen molar-refractivity contribution in [2.24, 2.45) is 0 Å². The van der Waals surface area contributed by atoms with Crippen LogP contribution in [0.3, 0.4) is 0 Å². The number of benzene rings is 2. The first-order chi connectivity index (χ1) is 9.51. The molecule has 0 aliphatic rings. The second kappa shape index (κ2) is 6.11. The molecule has 0 fully saturated rings. The Morgan fingerprint density at radius 2 is 2.05 bits per heavy atom. The van der Waals surface area contributed by atoms with Gasteiger partial charge in [-0.1, -0.05) is 11.6 Å². The van der Waals surface area contributed by atoms with Gasteiger partial charge in [0.1, 0.15) is 17.6 Å². The van der Waals surface area contributed by atoms with Crippen LogP contribution < -0.4 is 4.74 Å². The van der Waals surface area contributed by atoms with Crippen LogP contribution >= 0.6 is 34.2 Å². The number of carboxylic acids is 1. The molecular formula is C14H7ClINO3. The topological polar surface area (TPSA) is 70.3 Å². The Morgan fingerprint density at radius 3 is 2.65 bits per heavy atom. The number of carbonyl (C=O) groups is 1. The Balaban J connectivity index is 2.35. The maximum Gasteiger partial charge on any atom is 0.335 e. The van der Waals surface area contributed by atoms with E-state index in [1.165, 1.54) is 18.2 Å². The van der Waals surface area contributed by atoms with Crippen LogP contribution in [0.5, 0.6) is 11.5 Å². The molecule has 2 aromatic carbocycles. The van der Waals surface area contributed by atoms with Gasteiger partial charge in [0.2, 0.25) is 0 Å². The third-order valence-corrected chi connectivity index (χ3v) is 3.67. The highest BCUT2D eigenvalue weighted by atomic mass is 127. The number of hydrogen-bond acceptors (Lipinski definition) is 3. The molecule has 0 heterocycles. The molecule has 1 N–H and O–H groups in total. The van der Waals surface area contributed by atoms with E-state index in [9.17, 15) is 4.79 Å². The van der Waals surface area contributed by atoms with Crippen molar-refractivity contribution >= 4 is 40.2 Å². The lowest BCUT2D eigenvalue weighted by atomic mass is 10.2. The number of hydrogen-bond donors (Lipinski definition) is 1. The highest BCUT2D eigenvalue weighted by Gasteiger charge is 2.10. The lowest BCUT2D eigenvalue weighted by molar-refractivity contribution is 0.0696. The van der Waals surface area contributed by atoms with Crippen molar-refractivity contribution in [3.8, 4) is 17.6 Å². The fourth-order valence-corrected chi connectivity index (χ4v) is 2.15. The van der Waals surface area contributed by atoms with Crippen LogP contribution in [0, 0.1) is 14.9 Å². The third-order valence-electron chi connectivity index (χ3n) is 2.47. The molecule has 0 atom stereocenters. The van der Waals surface area contributed by atoms with Crippen LogP contribution in [0.15, 0.2) is 36.4 Å². The van der Waals surface area contributed by atoms with Crippen molar-refractivity contribution in [1.29, 1.82) is 5.26 Å². The van der Waals surface area contributed by atoms with Gasteiger partial charge in [-0.15, -0.1) is 0 Å². The van der Waals surface area contributed by atoms with Gasteiger partial charge in [0.15, 0.2) is 0 Å². The number of nitriles is 1. The summed E-state index contributed by atoms with van der Waals surface area (Å²) in [4.78, 5) is 10.9. The number of nitrogens with zero attached hydrogens (tertiary/aromatic N) is 1. The molecule has 0 saturated heterocycles. The average molecular weight is 400 g/mol. The first kappa shape index (κ1) is 14.6. The Bertz CT molecular complexity index is 725. The first-order valence-corrected chi connectivity index (χ1v) is 6.87. The Labute approximate surface area is 133 Å². The molecule has 0 aliphatic carbocycles. The fourth-order valence-electron chi connectivity index (χ4n) is 1.49. The molecule has 0 radical (unpaired) electrons. The number of ether oxygens (including phenoxy) is 1. The zero-order valence-corrected chi connectivity index (χ0v) is 12.8. The number of halogens is 2. The van der Waals surface area contributed by atoms with Crippen molar-refractivity contribution in [3.63, 3.8) is 0 Å². The van der Waals surface area contributed by atoms with Crippen LogP contribution in [0.1, 0.15) is 15.9 Å². The standard InChI is InChI=1S/C14H7ClINO3/c15-11-6-10(3-1-9(11)7-17)20-13-5-8(14(18)19)2-4-12(13)16/h1-6H,(H,18,19). The molecule has 6 heteroatoms. The van der Waals surface area contributed by atoms with Crippen molar-refractivity contribution in [2.75, 3.05) is 0 Å². The second-order valence-electron chi connectivity index (χ2n) is 3.81. The second-order valence-corrected chi connectivity index (χ2v) is 5.38. The quantitative estimate of drug-likeness (QED) is 0.781. The third kappa shape index (κ3) is 3.21. The largest absolute Gasteiger partial charge is 0.478 e. The van der Waals surface area contributed by atoms with Gasteiger partial charge in [-0.05, 0) is 52.9 Å². The van der Waals surface area contributed by atoms with Crippen molar-refractivity contribution < 1.29 is 14.6 Å². The molecule has 0 bridgehead atoms. The maximum absolute atomic E-state index is 10.9. The Kier molecular flexibility index (Phi) is 4.47. The zero-order valence-electron chi connectivity index (χ0n) is 9.93. The van der Waals surface area contributed by atoms with E-state index in [0.717, 1.165) is 3.57 Å². The lowest BCUT2D eigenvalue weighted by Gasteiger charge is -2.09. The molecule has 0 spiro atoms. The zero-order chi connectivity index (χ0) is 14.7. The minimum Gasteiger partial charge on any atom is -0.478 e. The minimum atomic E-state index is -1.02. The summed E-state index contributed by atoms with van der Waals surface area (Å²) in [5, 5.41) is 18.0.